The Morgan fingerprint density at radius 1 is 1.21 bits per heavy atom. The Morgan fingerprint density at radius 2 is 1.79 bits per heavy atom. The Balaban J connectivity index is 0.000000791. The van der Waals surface area contributed by atoms with Gasteiger partial charge in [0.25, 0.3) is 0 Å². The van der Waals surface area contributed by atoms with Crippen LogP contribution in [0.25, 0.3) is 0 Å². The summed E-state index contributed by atoms with van der Waals surface area (Å²) in [6, 6.07) is 0. The third-order valence-corrected chi connectivity index (χ3v) is 2.80. The molecule has 0 saturated carbocycles. The number of ether oxygens (including phenoxy) is 1. The molecule has 0 spiro atoms. The van der Waals surface area contributed by atoms with E-state index in [0.29, 0.717) is 0 Å². The quantitative estimate of drug-likeness (QED) is 0.649. The zero-order valence-electron chi connectivity index (χ0n) is 10.4. The number of rotatable bonds is 4. The minimum atomic E-state index is 0.937. The second-order valence-corrected chi connectivity index (χ2v) is 3.88. The highest BCUT2D eigenvalue weighted by molar-refractivity contribution is 4.69. The van der Waals surface area contributed by atoms with Crippen molar-refractivity contribution in [3.8, 4) is 0 Å². The van der Waals surface area contributed by atoms with Gasteiger partial charge in [0.15, 0.2) is 0 Å². The third kappa shape index (κ3) is 6.39. The Bertz CT molecular complexity index is 109. The zero-order valence-corrected chi connectivity index (χ0v) is 10.4. The van der Waals surface area contributed by atoms with Gasteiger partial charge in [0, 0.05) is 13.7 Å². The van der Waals surface area contributed by atoms with Gasteiger partial charge in [0.2, 0.25) is 0 Å². The van der Waals surface area contributed by atoms with Crippen molar-refractivity contribution >= 4 is 0 Å². The Kier molecular flexibility index (Phi) is 9.42. The van der Waals surface area contributed by atoms with E-state index in [1.54, 1.807) is 7.11 Å². The summed E-state index contributed by atoms with van der Waals surface area (Å²) in [7, 11) is 4.00. The minimum absolute atomic E-state index is 0.937. The van der Waals surface area contributed by atoms with Gasteiger partial charge in [-0.15, -0.1) is 0 Å². The van der Waals surface area contributed by atoms with E-state index in [1.807, 2.05) is 13.8 Å². The molecule has 0 amide bonds. The Morgan fingerprint density at radius 3 is 2.29 bits per heavy atom. The van der Waals surface area contributed by atoms with Gasteiger partial charge in [-0.2, -0.15) is 0 Å². The van der Waals surface area contributed by atoms with Crippen LogP contribution in [-0.2, 0) is 4.74 Å². The van der Waals surface area contributed by atoms with Crippen LogP contribution in [0, 0.1) is 5.92 Å². The van der Waals surface area contributed by atoms with Crippen molar-refractivity contribution in [2.24, 2.45) is 5.92 Å². The van der Waals surface area contributed by atoms with E-state index in [4.69, 9.17) is 4.74 Å². The second kappa shape index (κ2) is 9.47. The average molecular weight is 201 g/mol. The monoisotopic (exact) mass is 201 g/mol. The average Bonchev–Trinajstić information content (AvgIpc) is 2.24. The topological polar surface area (TPSA) is 12.5 Å². The number of nitrogens with zero attached hydrogens (tertiary/aromatic N) is 1. The second-order valence-electron chi connectivity index (χ2n) is 3.88. The summed E-state index contributed by atoms with van der Waals surface area (Å²) in [4.78, 5) is 2.42. The van der Waals surface area contributed by atoms with Gasteiger partial charge in [-0.05, 0) is 51.7 Å². The number of hydrogen-bond acceptors (Lipinski definition) is 2. The first-order valence-corrected chi connectivity index (χ1v) is 6.00. The lowest BCUT2D eigenvalue weighted by molar-refractivity contribution is 0.168. The predicted octanol–water partition coefficient (Wildman–Crippen LogP) is 2.78. The molecule has 1 rings (SSSR count). The first kappa shape index (κ1) is 13.9. The summed E-state index contributed by atoms with van der Waals surface area (Å²) in [5.74, 6) is 0.969. The highest BCUT2D eigenvalue weighted by atomic mass is 16.5. The van der Waals surface area contributed by atoms with Crippen LogP contribution in [0.4, 0.5) is 0 Å². The number of methoxy groups -OCH3 is 1. The van der Waals surface area contributed by atoms with E-state index in [-0.39, 0.29) is 0 Å². The van der Waals surface area contributed by atoms with Crippen molar-refractivity contribution in [3.05, 3.63) is 0 Å². The molecule has 0 radical (unpaired) electrons. The van der Waals surface area contributed by atoms with Crippen LogP contribution in [-0.4, -0.2) is 38.8 Å². The smallest absolute Gasteiger partial charge is 0.0462 e. The van der Waals surface area contributed by atoms with Crippen LogP contribution in [0.1, 0.15) is 39.5 Å². The summed E-state index contributed by atoms with van der Waals surface area (Å²) in [6.45, 7) is 7.52. The van der Waals surface area contributed by atoms with E-state index in [2.05, 4.69) is 11.9 Å². The number of hydrogen-bond donors (Lipinski definition) is 0. The molecule has 0 aliphatic carbocycles. The van der Waals surface area contributed by atoms with Crippen LogP contribution < -0.4 is 0 Å². The molecule has 0 aromatic carbocycles. The Hall–Kier alpha value is -0.0800. The maximum Gasteiger partial charge on any atom is 0.0462 e. The molecular weight excluding hydrogens is 174 g/mol. The lowest BCUT2D eigenvalue weighted by atomic mass is 9.93. The van der Waals surface area contributed by atoms with Gasteiger partial charge in [-0.3, -0.25) is 0 Å². The summed E-state index contributed by atoms with van der Waals surface area (Å²) in [5.41, 5.74) is 0. The van der Waals surface area contributed by atoms with Gasteiger partial charge in [-0.25, -0.2) is 0 Å². The fourth-order valence-corrected chi connectivity index (χ4v) is 1.87. The number of piperidine rings is 1. The molecule has 2 nitrogen and oxygen atoms in total. The zero-order chi connectivity index (χ0) is 10.8. The highest BCUT2D eigenvalue weighted by Crippen LogP contribution is 2.20. The van der Waals surface area contributed by atoms with Crippen molar-refractivity contribution in [1.29, 1.82) is 0 Å². The molecule has 0 N–H and O–H groups in total. The maximum atomic E-state index is 5.04. The third-order valence-electron chi connectivity index (χ3n) is 2.80. The first-order valence-electron chi connectivity index (χ1n) is 6.00. The molecule has 1 aliphatic rings. The van der Waals surface area contributed by atoms with E-state index < -0.39 is 0 Å². The van der Waals surface area contributed by atoms with E-state index in [0.717, 1.165) is 12.5 Å². The van der Waals surface area contributed by atoms with E-state index in [9.17, 15) is 0 Å². The molecule has 14 heavy (non-hydrogen) atoms. The maximum absolute atomic E-state index is 5.04. The molecule has 0 aromatic heterocycles. The van der Waals surface area contributed by atoms with Crippen molar-refractivity contribution in [2.75, 3.05) is 33.9 Å². The summed E-state index contributed by atoms with van der Waals surface area (Å²) >= 11 is 0. The Labute approximate surface area is 89.6 Å². The first-order chi connectivity index (χ1) is 6.83. The van der Waals surface area contributed by atoms with Gasteiger partial charge in [0.05, 0.1) is 0 Å². The fraction of sp³-hybridized carbons (Fsp3) is 1.00. The molecule has 1 heterocycles. The highest BCUT2D eigenvalue weighted by Gasteiger charge is 2.15. The minimum Gasteiger partial charge on any atom is -0.385 e. The molecule has 0 unspecified atom stereocenters. The predicted molar refractivity (Wildman–Crippen MR) is 62.7 cm³/mol. The van der Waals surface area contributed by atoms with Gasteiger partial charge < -0.3 is 9.64 Å². The van der Waals surface area contributed by atoms with Gasteiger partial charge in [-0.1, -0.05) is 13.8 Å². The van der Waals surface area contributed by atoms with Gasteiger partial charge >= 0.3 is 0 Å². The molecule has 1 aliphatic heterocycles. The van der Waals surface area contributed by atoms with Crippen LogP contribution in [0.5, 0.6) is 0 Å². The molecule has 0 aromatic rings. The van der Waals surface area contributed by atoms with Crippen LogP contribution in [0.2, 0.25) is 0 Å². The summed E-state index contributed by atoms with van der Waals surface area (Å²) in [5, 5.41) is 0. The van der Waals surface area contributed by atoms with Crippen molar-refractivity contribution < 1.29 is 4.74 Å². The molecule has 86 valence electrons. The molecule has 1 fully saturated rings. The standard InChI is InChI=1S/C10H21NO.C2H6/c1-11-7-5-10(6-8-11)4-3-9-12-2;1-2/h10H,3-9H2,1-2H3;1-2H3. The molecular formula is C12H27NO. The summed E-state index contributed by atoms with van der Waals surface area (Å²) in [6.07, 6.45) is 5.38. The lowest BCUT2D eigenvalue weighted by Gasteiger charge is -2.28. The molecule has 1 saturated heterocycles. The van der Waals surface area contributed by atoms with Crippen LogP contribution in [0.3, 0.4) is 0 Å². The van der Waals surface area contributed by atoms with Crippen molar-refractivity contribution in [2.45, 2.75) is 39.5 Å². The summed E-state index contributed by atoms with van der Waals surface area (Å²) < 4.78 is 5.04. The van der Waals surface area contributed by atoms with Crippen molar-refractivity contribution in [1.82, 2.24) is 4.90 Å². The molecule has 0 atom stereocenters. The lowest BCUT2D eigenvalue weighted by Crippen LogP contribution is -2.30. The van der Waals surface area contributed by atoms with E-state index >= 15 is 0 Å². The van der Waals surface area contributed by atoms with Gasteiger partial charge in [0.1, 0.15) is 0 Å². The van der Waals surface area contributed by atoms with Crippen LogP contribution >= 0.6 is 0 Å². The van der Waals surface area contributed by atoms with Crippen LogP contribution in [0.15, 0.2) is 0 Å². The largest absolute Gasteiger partial charge is 0.385 e. The number of likely N-dealkylation sites (tertiary alicyclic amines) is 1. The fourth-order valence-electron chi connectivity index (χ4n) is 1.87. The van der Waals surface area contributed by atoms with E-state index in [1.165, 1.54) is 38.8 Å². The normalized spacial score (nSPS) is 18.9. The molecule has 2 heteroatoms. The SMILES string of the molecule is CC.COCCCC1CCN(C)CC1. The van der Waals surface area contributed by atoms with Crippen molar-refractivity contribution in [3.63, 3.8) is 0 Å². The molecule has 0 bridgehead atoms.